The van der Waals surface area contributed by atoms with Crippen molar-refractivity contribution in [2.24, 2.45) is 0 Å². The molecule has 0 radical (unpaired) electrons. The van der Waals surface area contributed by atoms with Gasteiger partial charge in [0.05, 0.1) is 28.4 Å². The van der Waals surface area contributed by atoms with Crippen molar-refractivity contribution >= 4 is 57.2 Å². The van der Waals surface area contributed by atoms with Gasteiger partial charge in [0.15, 0.2) is 5.43 Å². The molecule has 1 saturated heterocycles. The number of fused-ring (bicyclic) bond motifs is 1. The maximum Gasteiger partial charge on any atom is 0.266 e. The highest BCUT2D eigenvalue weighted by Crippen LogP contribution is 2.32. The van der Waals surface area contributed by atoms with Gasteiger partial charge in [-0.3, -0.25) is 14.5 Å². The Labute approximate surface area is 139 Å². The third-order valence-corrected chi connectivity index (χ3v) is 4.53. The first-order valence-electron chi connectivity index (χ1n) is 6.43. The summed E-state index contributed by atoms with van der Waals surface area (Å²) >= 11 is 5.90. The second-order valence-corrected chi connectivity index (χ2v) is 6.33. The quantitative estimate of drug-likeness (QED) is 0.598. The summed E-state index contributed by atoms with van der Waals surface area (Å²) in [5.41, 5.74) is 0.355. The summed E-state index contributed by atoms with van der Waals surface area (Å²) in [6.07, 6.45) is 2.61. The van der Waals surface area contributed by atoms with E-state index in [4.69, 9.17) is 16.6 Å². The number of carbonyl (C=O) groups is 2. The summed E-state index contributed by atoms with van der Waals surface area (Å²) in [4.78, 5) is 36.3. The number of hydrogen-bond acceptors (Lipinski definition) is 7. The third kappa shape index (κ3) is 2.90. The highest BCUT2D eigenvalue weighted by atomic mass is 32.2. The SMILES string of the molecule is O=C([O-])CN1C(=O)/C(=C/c2coc3ccccc3c2=O)SC1=S. The number of carbonyl (C=O) groups excluding carboxylic acids is 2. The predicted octanol–water partition coefficient (Wildman–Crippen LogP) is 0.744. The van der Waals surface area contributed by atoms with Crippen LogP contribution in [0.3, 0.4) is 0 Å². The van der Waals surface area contributed by atoms with Gasteiger partial charge < -0.3 is 14.3 Å². The largest absolute Gasteiger partial charge is 0.548 e. The Morgan fingerprint density at radius 1 is 1.35 bits per heavy atom. The zero-order chi connectivity index (χ0) is 16.6. The van der Waals surface area contributed by atoms with E-state index in [0.717, 1.165) is 16.7 Å². The van der Waals surface area contributed by atoms with Crippen molar-refractivity contribution in [2.45, 2.75) is 0 Å². The molecule has 8 heteroatoms. The fourth-order valence-corrected chi connectivity index (χ4v) is 3.35. The number of thioether (sulfide) groups is 1. The molecule has 116 valence electrons. The van der Waals surface area contributed by atoms with Gasteiger partial charge in [-0.2, -0.15) is 0 Å². The van der Waals surface area contributed by atoms with E-state index >= 15 is 0 Å². The Morgan fingerprint density at radius 2 is 2.09 bits per heavy atom. The Morgan fingerprint density at radius 3 is 2.83 bits per heavy atom. The number of benzene rings is 1. The van der Waals surface area contributed by atoms with Crippen LogP contribution in [0.25, 0.3) is 17.0 Å². The van der Waals surface area contributed by atoms with Gasteiger partial charge in [-0.15, -0.1) is 0 Å². The fourth-order valence-electron chi connectivity index (χ4n) is 2.10. The molecular weight excluding hydrogens is 338 g/mol. The first-order valence-corrected chi connectivity index (χ1v) is 7.65. The molecule has 2 heterocycles. The van der Waals surface area contributed by atoms with Crippen LogP contribution in [0.5, 0.6) is 0 Å². The second-order valence-electron chi connectivity index (χ2n) is 4.66. The second kappa shape index (κ2) is 5.98. The van der Waals surface area contributed by atoms with E-state index in [-0.39, 0.29) is 20.2 Å². The van der Waals surface area contributed by atoms with E-state index in [9.17, 15) is 19.5 Å². The number of nitrogens with zero attached hydrogens (tertiary/aromatic N) is 1. The lowest BCUT2D eigenvalue weighted by Crippen LogP contribution is -2.40. The molecule has 0 saturated carbocycles. The molecule has 1 aliphatic heterocycles. The predicted molar refractivity (Wildman–Crippen MR) is 87.4 cm³/mol. The number of amides is 1. The maximum atomic E-state index is 12.4. The molecule has 0 bridgehead atoms. The van der Waals surface area contributed by atoms with Crippen LogP contribution in [-0.4, -0.2) is 27.6 Å². The molecule has 23 heavy (non-hydrogen) atoms. The molecule has 1 aliphatic rings. The van der Waals surface area contributed by atoms with Gasteiger partial charge in [0.2, 0.25) is 0 Å². The van der Waals surface area contributed by atoms with E-state index in [1.54, 1.807) is 24.3 Å². The van der Waals surface area contributed by atoms with E-state index in [1.807, 2.05) is 0 Å². The van der Waals surface area contributed by atoms with Crippen LogP contribution in [0.2, 0.25) is 0 Å². The molecule has 1 aromatic carbocycles. The first kappa shape index (κ1) is 15.4. The Bertz CT molecular complexity index is 931. The van der Waals surface area contributed by atoms with Crippen molar-refractivity contribution in [1.82, 2.24) is 4.90 Å². The number of thiocarbonyl (C=S) groups is 1. The minimum Gasteiger partial charge on any atom is -0.548 e. The zero-order valence-electron chi connectivity index (χ0n) is 11.5. The number of para-hydroxylation sites is 1. The summed E-state index contributed by atoms with van der Waals surface area (Å²) in [6, 6.07) is 6.75. The Balaban J connectivity index is 2.01. The molecular formula is C15H8NO5S2-. The normalized spacial score (nSPS) is 16.5. The molecule has 0 atom stereocenters. The monoisotopic (exact) mass is 346 g/mol. The molecule has 0 unspecified atom stereocenters. The van der Waals surface area contributed by atoms with Gasteiger partial charge in [-0.05, 0) is 18.2 Å². The highest BCUT2D eigenvalue weighted by Gasteiger charge is 2.32. The molecule has 3 rings (SSSR count). The molecule has 0 aliphatic carbocycles. The van der Waals surface area contributed by atoms with Crippen LogP contribution < -0.4 is 10.5 Å². The lowest BCUT2D eigenvalue weighted by atomic mass is 10.1. The number of aliphatic carboxylic acids is 1. The lowest BCUT2D eigenvalue weighted by Gasteiger charge is -2.14. The third-order valence-electron chi connectivity index (χ3n) is 3.15. The van der Waals surface area contributed by atoms with Crippen LogP contribution in [-0.2, 0) is 9.59 Å². The van der Waals surface area contributed by atoms with Crippen molar-refractivity contribution in [1.29, 1.82) is 0 Å². The molecule has 0 spiro atoms. The maximum absolute atomic E-state index is 12.4. The number of carboxylic acid groups (broad SMARTS) is 1. The number of rotatable bonds is 3. The topological polar surface area (TPSA) is 90.7 Å². The molecule has 1 aromatic heterocycles. The number of carboxylic acids is 1. The van der Waals surface area contributed by atoms with Crippen molar-refractivity contribution in [3.8, 4) is 0 Å². The van der Waals surface area contributed by atoms with Gasteiger partial charge in [0.25, 0.3) is 5.91 Å². The average Bonchev–Trinajstić information content (AvgIpc) is 2.77. The van der Waals surface area contributed by atoms with Crippen LogP contribution in [0, 0.1) is 0 Å². The van der Waals surface area contributed by atoms with E-state index in [0.29, 0.717) is 11.0 Å². The molecule has 1 fully saturated rings. The average molecular weight is 346 g/mol. The van der Waals surface area contributed by atoms with E-state index in [2.05, 4.69) is 0 Å². The van der Waals surface area contributed by atoms with Crippen LogP contribution in [0.15, 0.2) is 44.6 Å². The standard InChI is InChI=1S/C15H9NO5S2/c17-12(18)6-16-14(20)11(23-15(16)22)5-8-7-21-10-4-2-1-3-9(10)13(8)19/h1-5,7H,6H2,(H,17,18)/p-1/b11-5-. The van der Waals surface area contributed by atoms with Gasteiger partial charge >= 0.3 is 0 Å². The van der Waals surface area contributed by atoms with Gasteiger partial charge in [0.1, 0.15) is 16.2 Å². The van der Waals surface area contributed by atoms with Gasteiger partial charge in [-0.25, -0.2) is 0 Å². The fraction of sp³-hybridized carbons (Fsp3) is 0.0667. The van der Waals surface area contributed by atoms with Crippen molar-refractivity contribution in [2.75, 3.05) is 6.54 Å². The van der Waals surface area contributed by atoms with E-state index in [1.165, 1.54) is 12.3 Å². The van der Waals surface area contributed by atoms with Crippen LogP contribution in [0.4, 0.5) is 0 Å². The molecule has 6 nitrogen and oxygen atoms in total. The highest BCUT2D eigenvalue weighted by molar-refractivity contribution is 8.26. The summed E-state index contributed by atoms with van der Waals surface area (Å²) < 4.78 is 5.48. The van der Waals surface area contributed by atoms with Crippen LogP contribution >= 0.6 is 24.0 Å². The smallest absolute Gasteiger partial charge is 0.266 e. The zero-order valence-corrected chi connectivity index (χ0v) is 13.1. The molecule has 1 amide bonds. The van der Waals surface area contributed by atoms with Gasteiger partial charge in [0, 0.05) is 0 Å². The molecule has 0 N–H and O–H groups in total. The molecule has 2 aromatic rings. The summed E-state index contributed by atoms with van der Waals surface area (Å²) in [5, 5.41) is 11.0. The summed E-state index contributed by atoms with van der Waals surface area (Å²) in [7, 11) is 0. The van der Waals surface area contributed by atoms with Crippen LogP contribution in [0.1, 0.15) is 5.56 Å². The van der Waals surface area contributed by atoms with Crippen molar-refractivity contribution < 1.29 is 19.1 Å². The first-order chi connectivity index (χ1) is 11.0. The summed E-state index contributed by atoms with van der Waals surface area (Å²) in [6.45, 7) is -0.617. The Hall–Kier alpha value is -2.45. The van der Waals surface area contributed by atoms with Crippen molar-refractivity contribution in [3.63, 3.8) is 0 Å². The van der Waals surface area contributed by atoms with Gasteiger partial charge in [-0.1, -0.05) is 36.1 Å². The number of hydrogen-bond donors (Lipinski definition) is 0. The lowest BCUT2D eigenvalue weighted by molar-refractivity contribution is -0.305. The minimum absolute atomic E-state index is 0.107. The summed E-state index contributed by atoms with van der Waals surface area (Å²) in [5.74, 6) is -1.98. The van der Waals surface area contributed by atoms with Crippen molar-refractivity contribution in [3.05, 3.63) is 51.2 Å². The van der Waals surface area contributed by atoms with E-state index < -0.39 is 18.4 Å². The Kier molecular flexibility index (Phi) is 4.01. The minimum atomic E-state index is -1.41.